The predicted molar refractivity (Wildman–Crippen MR) is 76.8 cm³/mol. The molecule has 4 heteroatoms. The van der Waals surface area contributed by atoms with Crippen molar-refractivity contribution in [1.29, 1.82) is 0 Å². The third kappa shape index (κ3) is 2.58. The van der Waals surface area contributed by atoms with E-state index in [9.17, 15) is 0 Å². The summed E-state index contributed by atoms with van der Waals surface area (Å²) in [5.74, 6) is 0.996. The standard InChI is InChI=1S/C15H18N4/c1-19(13-6-7-13)15-8-14(17-10-18-15)12-4-2-11(9-16)3-5-12/h2-5,8,10,13H,6-7,9,16H2,1H3. The van der Waals surface area contributed by atoms with Gasteiger partial charge in [0.05, 0.1) is 5.69 Å². The molecular formula is C15H18N4. The summed E-state index contributed by atoms with van der Waals surface area (Å²) in [6, 6.07) is 10.9. The van der Waals surface area contributed by atoms with Crippen LogP contribution >= 0.6 is 0 Å². The third-order valence-electron chi connectivity index (χ3n) is 3.59. The van der Waals surface area contributed by atoms with Crippen LogP contribution < -0.4 is 10.6 Å². The van der Waals surface area contributed by atoms with Crippen LogP contribution in [0.25, 0.3) is 11.3 Å². The van der Waals surface area contributed by atoms with E-state index in [2.05, 4.69) is 40.1 Å². The normalized spacial score (nSPS) is 14.4. The van der Waals surface area contributed by atoms with Crippen LogP contribution in [0.2, 0.25) is 0 Å². The molecule has 1 aliphatic rings. The first-order chi connectivity index (χ1) is 9.28. The Kier molecular flexibility index (Phi) is 3.17. The number of rotatable bonds is 4. The van der Waals surface area contributed by atoms with Gasteiger partial charge in [-0.2, -0.15) is 0 Å². The lowest BCUT2D eigenvalue weighted by Gasteiger charge is -2.17. The summed E-state index contributed by atoms with van der Waals surface area (Å²) in [6.07, 6.45) is 4.17. The van der Waals surface area contributed by atoms with Gasteiger partial charge in [0.25, 0.3) is 0 Å². The zero-order valence-corrected chi connectivity index (χ0v) is 11.1. The average molecular weight is 254 g/mol. The van der Waals surface area contributed by atoms with Gasteiger partial charge in [0.2, 0.25) is 0 Å². The summed E-state index contributed by atoms with van der Waals surface area (Å²) >= 11 is 0. The van der Waals surface area contributed by atoms with E-state index in [0.717, 1.165) is 22.6 Å². The Hall–Kier alpha value is -1.94. The molecule has 0 bridgehead atoms. The molecule has 1 aromatic carbocycles. The molecule has 1 aliphatic carbocycles. The summed E-state index contributed by atoms with van der Waals surface area (Å²) in [6.45, 7) is 0.569. The van der Waals surface area contributed by atoms with Gasteiger partial charge < -0.3 is 10.6 Å². The lowest BCUT2D eigenvalue weighted by molar-refractivity contribution is 0.886. The fraction of sp³-hybridized carbons (Fsp3) is 0.333. The third-order valence-corrected chi connectivity index (χ3v) is 3.59. The van der Waals surface area contributed by atoms with Crippen molar-refractivity contribution < 1.29 is 0 Å². The van der Waals surface area contributed by atoms with Crippen molar-refractivity contribution in [3.63, 3.8) is 0 Å². The first-order valence-corrected chi connectivity index (χ1v) is 6.62. The second-order valence-corrected chi connectivity index (χ2v) is 5.00. The first kappa shape index (κ1) is 12.1. The fourth-order valence-corrected chi connectivity index (χ4v) is 2.16. The predicted octanol–water partition coefficient (Wildman–Crippen LogP) is 2.20. The second kappa shape index (κ2) is 4.97. The van der Waals surface area contributed by atoms with Crippen molar-refractivity contribution in [2.75, 3.05) is 11.9 Å². The van der Waals surface area contributed by atoms with E-state index in [1.807, 2.05) is 12.1 Å². The molecule has 0 aliphatic heterocycles. The molecule has 1 saturated carbocycles. The molecule has 1 heterocycles. The number of nitrogens with two attached hydrogens (primary N) is 1. The van der Waals surface area contributed by atoms with Gasteiger partial charge in [0.15, 0.2) is 0 Å². The summed E-state index contributed by atoms with van der Waals surface area (Å²) in [4.78, 5) is 10.9. The maximum atomic E-state index is 5.61. The molecule has 1 aromatic heterocycles. The summed E-state index contributed by atoms with van der Waals surface area (Å²) in [5.41, 5.74) is 8.80. The van der Waals surface area contributed by atoms with Gasteiger partial charge in [0, 0.05) is 31.3 Å². The van der Waals surface area contributed by atoms with E-state index in [4.69, 9.17) is 5.73 Å². The molecule has 2 aromatic rings. The average Bonchev–Trinajstić information content (AvgIpc) is 3.31. The fourth-order valence-electron chi connectivity index (χ4n) is 2.16. The number of hydrogen-bond acceptors (Lipinski definition) is 4. The van der Waals surface area contributed by atoms with Crippen LogP contribution in [0.15, 0.2) is 36.7 Å². The van der Waals surface area contributed by atoms with Crippen LogP contribution in [0.4, 0.5) is 5.82 Å². The van der Waals surface area contributed by atoms with Crippen molar-refractivity contribution in [3.8, 4) is 11.3 Å². The Labute approximate surface area is 113 Å². The van der Waals surface area contributed by atoms with Crippen LogP contribution in [-0.4, -0.2) is 23.1 Å². The van der Waals surface area contributed by atoms with Crippen LogP contribution in [0.3, 0.4) is 0 Å². The smallest absolute Gasteiger partial charge is 0.132 e. The van der Waals surface area contributed by atoms with Gasteiger partial charge in [-0.05, 0) is 18.4 Å². The molecule has 2 N–H and O–H groups in total. The van der Waals surface area contributed by atoms with E-state index in [1.165, 1.54) is 12.8 Å². The Bertz CT molecular complexity index is 561. The molecule has 4 nitrogen and oxygen atoms in total. The topological polar surface area (TPSA) is 55.0 Å². The van der Waals surface area contributed by atoms with Gasteiger partial charge in [-0.15, -0.1) is 0 Å². The quantitative estimate of drug-likeness (QED) is 0.908. The Morgan fingerprint density at radius 1 is 1.21 bits per heavy atom. The van der Waals surface area contributed by atoms with Gasteiger partial charge in [-0.25, -0.2) is 9.97 Å². The van der Waals surface area contributed by atoms with Crippen molar-refractivity contribution in [2.45, 2.75) is 25.4 Å². The monoisotopic (exact) mass is 254 g/mol. The maximum absolute atomic E-state index is 5.61. The highest BCUT2D eigenvalue weighted by atomic mass is 15.2. The molecule has 0 atom stereocenters. The largest absolute Gasteiger partial charge is 0.357 e. The van der Waals surface area contributed by atoms with Crippen molar-refractivity contribution in [3.05, 3.63) is 42.2 Å². The molecule has 1 fully saturated rings. The van der Waals surface area contributed by atoms with Crippen molar-refractivity contribution in [2.24, 2.45) is 5.73 Å². The second-order valence-electron chi connectivity index (χ2n) is 5.00. The lowest BCUT2D eigenvalue weighted by Crippen LogP contribution is -2.20. The Morgan fingerprint density at radius 2 is 1.95 bits per heavy atom. The molecule has 0 unspecified atom stereocenters. The highest BCUT2D eigenvalue weighted by molar-refractivity contribution is 5.63. The molecular weight excluding hydrogens is 236 g/mol. The zero-order chi connectivity index (χ0) is 13.2. The SMILES string of the molecule is CN(c1cc(-c2ccc(CN)cc2)ncn1)C1CC1. The molecule has 98 valence electrons. The van der Waals surface area contributed by atoms with Gasteiger partial charge >= 0.3 is 0 Å². The van der Waals surface area contributed by atoms with E-state index in [-0.39, 0.29) is 0 Å². The van der Waals surface area contributed by atoms with Crippen LogP contribution in [-0.2, 0) is 6.54 Å². The molecule has 19 heavy (non-hydrogen) atoms. The van der Waals surface area contributed by atoms with E-state index in [0.29, 0.717) is 12.6 Å². The Balaban J connectivity index is 1.88. The zero-order valence-electron chi connectivity index (χ0n) is 11.1. The van der Waals surface area contributed by atoms with Crippen molar-refractivity contribution >= 4 is 5.82 Å². The highest BCUT2D eigenvalue weighted by Crippen LogP contribution is 2.30. The lowest BCUT2D eigenvalue weighted by atomic mass is 10.1. The van der Waals surface area contributed by atoms with Gasteiger partial charge in [-0.1, -0.05) is 24.3 Å². The molecule has 0 spiro atoms. The van der Waals surface area contributed by atoms with Gasteiger partial charge in [-0.3, -0.25) is 0 Å². The highest BCUT2D eigenvalue weighted by Gasteiger charge is 2.27. The number of aromatic nitrogens is 2. The number of benzene rings is 1. The van der Waals surface area contributed by atoms with Crippen LogP contribution in [0, 0.1) is 0 Å². The Morgan fingerprint density at radius 3 is 2.58 bits per heavy atom. The summed E-state index contributed by atoms with van der Waals surface area (Å²) in [5, 5.41) is 0. The first-order valence-electron chi connectivity index (χ1n) is 6.62. The molecule has 0 amide bonds. The molecule has 0 radical (unpaired) electrons. The van der Waals surface area contributed by atoms with Crippen LogP contribution in [0.1, 0.15) is 18.4 Å². The number of anilines is 1. The van der Waals surface area contributed by atoms with Gasteiger partial charge in [0.1, 0.15) is 12.1 Å². The van der Waals surface area contributed by atoms with E-state index >= 15 is 0 Å². The maximum Gasteiger partial charge on any atom is 0.132 e. The van der Waals surface area contributed by atoms with E-state index in [1.54, 1.807) is 6.33 Å². The van der Waals surface area contributed by atoms with E-state index < -0.39 is 0 Å². The van der Waals surface area contributed by atoms with Crippen LogP contribution in [0.5, 0.6) is 0 Å². The molecule has 3 rings (SSSR count). The number of hydrogen-bond donors (Lipinski definition) is 1. The minimum atomic E-state index is 0.569. The summed E-state index contributed by atoms with van der Waals surface area (Å²) < 4.78 is 0. The molecule has 0 saturated heterocycles. The number of nitrogens with zero attached hydrogens (tertiary/aromatic N) is 3. The van der Waals surface area contributed by atoms with Crippen molar-refractivity contribution in [1.82, 2.24) is 9.97 Å². The minimum absolute atomic E-state index is 0.569. The minimum Gasteiger partial charge on any atom is -0.357 e. The summed E-state index contributed by atoms with van der Waals surface area (Å²) in [7, 11) is 2.10.